The van der Waals surface area contributed by atoms with Crippen molar-refractivity contribution in [2.24, 2.45) is 17.3 Å². The summed E-state index contributed by atoms with van der Waals surface area (Å²) in [4.78, 5) is 0. The average Bonchev–Trinajstić information content (AvgIpc) is 2.76. The number of hydrogen-bond donors (Lipinski definition) is 1. The van der Waals surface area contributed by atoms with E-state index in [2.05, 4.69) is 18.2 Å². The van der Waals surface area contributed by atoms with Crippen molar-refractivity contribution >= 4 is 0 Å². The van der Waals surface area contributed by atoms with Crippen molar-refractivity contribution in [3.63, 3.8) is 0 Å². The number of aliphatic hydroxyl groups excluding tert-OH is 1. The molecular weight excluding hydrogens is 200 g/mol. The summed E-state index contributed by atoms with van der Waals surface area (Å²) < 4.78 is 1.97. The standard InChI is InChI=1S/C13H20N2O/c1-2-15-8-10(7-14-15)4-13(9-16)5-11-3-12(11)6-13/h7-8,11-12,16H,2-6,9H2,1H3. The summed E-state index contributed by atoms with van der Waals surface area (Å²) in [5.74, 6) is 1.85. The molecule has 88 valence electrons. The molecule has 3 heteroatoms. The van der Waals surface area contributed by atoms with Crippen LogP contribution in [0.3, 0.4) is 0 Å². The van der Waals surface area contributed by atoms with Crippen molar-refractivity contribution in [2.75, 3.05) is 6.61 Å². The Kier molecular flexibility index (Phi) is 2.32. The van der Waals surface area contributed by atoms with Crippen LogP contribution in [0, 0.1) is 17.3 Å². The van der Waals surface area contributed by atoms with Crippen molar-refractivity contribution in [3.05, 3.63) is 18.0 Å². The number of aromatic nitrogens is 2. The van der Waals surface area contributed by atoms with Gasteiger partial charge in [-0.2, -0.15) is 5.10 Å². The van der Waals surface area contributed by atoms with E-state index >= 15 is 0 Å². The quantitative estimate of drug-likeness (QED) is 0.841. The molecule has 0 spiro atoms. The Morgan fingerprint density at radius 3 is 2.81 bits per heavy atom. The molecule has 2 aliphatic carbocycles. The molecule has 1 heterocycles. The summed E-state index contributed by atoms with van der Waals surface area (Å²) in [7, 11) is 0. The first-order valence-corrected chi connectivity index (χ1v) is 6.37. The zero-order valence-corrected chi connectivity index (χ0v) is 9.89. The third-order valence-corrected chi connectivity index (χ3v) is 4.38. The Bertz CT molecular complexity index is 375. The average molecular weight is 220 g/mol. The van der Waals surface area contributed by atoms with Crippen LogP contribution < -0.4 is 0 Å². The highest BCUT2D eigenvalue weighted by Crippen LogP contribution is 2.60. The van der Waals surface area contributed by atoms with Crippen LogP contribution >= 0.6 is 0 Å². The zero-order chi connectivity index (χ0) is 11.2. The maximum Gasteiger partial charge on any atom is 0.0521 e. The molecule has 0 bridgehead atoms. The van der Waals surface area contributed by atoms with Crippen LogP contribution in [-0.4, -0.2) is 21.5 Å². The maximum absolute atomic E-state index is 9.65. The van der Waals surface area contributed by atoms with Crippen LogP contribution in [0.25, 0.3) is 0 Å². The molecule has 0 saturated heterocycles. The van der Waals surface area contributed by atoms with Crippen molar-refractivity contribution in [3.8, 4) is 0 Å². The van der Waals surface area contributed by atoms with Crippen LogP contribution in [0.2, 0.25) is 0 Å². The second-order valence-corrected chi connectivity index (χ2v) is 5.70. The fourth-order valence-electron chi connectivity index (χ4n) is 3.44. The van der Waals surface area contributed by atoms with Crippen molar-refractivity contribution in [1.82, 2.24) is 9.78 Å². The SMILES string of the molecule is CCn1cc(CC2(CO)CC3CC3C2)cn1. The van der Waals surface area contributed by atoms with Gasteiger partial charge in [0.15, 0.2) is 0 Å². The van der Waals surface area contributed by atoms with Gasteiger partial charge < -0.3 is 5.11 Å². The summed E-state index contributed by atoms with van der Waals surface area (Å²) in [6, 6.07) is 0. The van der Waals surface area contributed by atoms with E-state index in [0.29, 0.717) is 6.61 Å². The van der Waals surface area contributed by atoms with Gasteiger partial charge in [-0.3, -0.25) is 4.68 Å². The van der Waals surface area contributed by atoms with E-state index in [0.717, 1.165) is 24.8 Å². The first kappa shape index (κ1) is 10.3. The summed E-state index contributed by atoms with van der Waals surface area (Å²) >= 11 is 0. The number of fused-ring (bicyclic) bond motifs is 1. The van der Waals surface area contributed by atoms with Crippen LogP contribution in [0.1, 0.15) is 31.7 Å². The Labute approximate surface area is 96.5 Å². The van der Waals surface area contributed by atoms with E-state index in [1.807, 2.05) is 10.9 Å². The first-order valence-electron chi connectivity index (χ1n) is 6.37. The molecule has 2 atom stereocenters. The highest BCUT2D eigenvalue weighted by atomic mass is 16.3. The van der Waals surface area contributed by atoms with Gasteiger partial charge in [0.1, 0.15) is 0 Å². The maximum atomic E-state index is 9.65. The molecular formula is C13H20N2O. The third-order valence-electron chi connectivity index (χ3n) is 4.38. The van der Waals surface area contributed by atoms with Crippen LogP contribution in [0.15, 0.2) is 12.4 Å². The van der Waals surface area contributed by atoms with Crippen LogP contribution in [0.5, 0.6) is 0 Å². The number of aryl methyl sites for hydroxylation is 1. The van der Waals surface area contributed by atoms with Gasteiger partial charge in [0, 0.05) is 19.3 Å². The number of hydrogen-bond acceptors (Lipinski definition) is 2. The number of aliphatic hydroxyl groups is 1. The predicted octanol–water partition coefficient (Wildman–Crippen LogP) is 1.85. The molecule has 2 unspecified atom stereocenters. The van der Waals surface area contributed by atoms with E-state index in [4.69, 9.17) is 0 Å². The Morgan fingerprint density at radius 1 is 1.50 bits per heavy atom. The van der Waals surface area contributed by atoms with Crippen LogP contribution in [0.4, 0.5) is 0 Å². The minimum Gasteiger partial charge on any atom is -0.396 e. The highest BCUT2D eigenvalue weighted by Gasteiger charge is 2.53. The molecule has 16 heavy (non-hydrogen) atoms. The molecule has 0 radical (unpaired) electrons. The third kappa shape index (κ3) is 1.67. The second kappa shape index (κ2) is 3.59. The van der Waals surface area contributed by atoms with E-state index < -0.39 is 0 Å². The van der Waals surface area contributed by atoms with Gasteiger partial charge in [-0.25, -0.2) is 0 Å². The molecule has 3 rings (SSSR count). The smallest absolute Gasteiger partial charge is 0.0521 e. The molecule has 1 aromatic heterocycles. The minimum atomic E-state index is 0.176. The lowest BCUT2D eigenvalue weighted by Gasteiger charge is -2.27. The Morgan fingerprint density at radius 2 is 2.25 bits per heavy atom. The Hall–Kier alpha value is -0.830. The predicted molar refractivity (Wildman–Crippen MR) is 62.0 cm³/mol. The van der Waals surface area contributed by atoms with Gasteiger partial charge >= 0.3 is 0 Å². The summed E-state index contributed by atoms with van der Waals surface area (Å²) in [6.07, 6.45) is 8.97. The van der Waals surface area contributed by atoms with Gasteiger partial charge in [-0.15, -0.1) is 0 Å². The normalized spacial score (nSPS) is 36.4. The lowest BCUT2D eigenvalue weighted by Crippen LogP contribution is -2.26. The summed E-state index contributed by atoms with van der Waals surface area (Å²) in [5.41, 5.74) is 1.46. The van der Waals surface area contributed by atoms with E-state index in [9.17, 15) is 5.11 Å². The highest BCUT2D eigenvalue weighted by molar-refractivity contribution is 5.12. The van der Waals surface area contributed by atoms with E-state index in [1.165, 1.54) is 24.8 Å². The van der Waals surface area contributed by atoms with Crippen LogP contribution in [-0.2, 0) is 13.0 Å². The zero-order valence-electron chi connectivity index (χ0n) is 9.89. The number of rotatable bonds is 4. The molecule has 0 amide bonds. The molecule has 2 saturated carbocycles. The first-order chi connectivity index (χ1) is 7.74. The van der Waals surface area contributed by atoms with E-state index in [1.54, 1.807) is 0 Å². The molecule has 0 aliphatic heterocycles. The molecule has 1 N–H and O–H groups in total. The topological polar surface area (TPSA) is 38.0 Å². The monoisotopic (exact) mass is 220 g/mol. The van der Waals surface area contributed by atoms with Gasteiger partial charge in [-0.05, 0) is 55.4 Å². The molecule has 2 fully saturated rings. The van der Waals surface area contributed by atoms with Gasteiger partial charge in [-0.1, -0.05) is 0 Å². The summed E-state index contributed by atoms with van der Waals surface area (Å²) in [5, 5.41) is 14.0. The molecule has 3 nitrogen and oxygen atoms in total. The number of nitrogens with zero attached hydrogens (tertiary/aromatic N) is 2. The van der Waals surface area contributed by atoms with Crippen molar-refractivity contribution in [2.45, 2.75) is 39.2 Å². The molecule has 0 aromatic carbocycles. The van der Waals surface area contributed by atoms with Gasteiger partial charge in [0.2, 0.25) is 0 Å². The van der Waals surface area contributed by atoms with Gasteiger partial charge in [0.25, 0.3) is 0 Å². The fourth-order valence-corrected chi connectivity index (χ4v) is 3.44. The summed E-state index contributed by atoms with van der Waals surface area (Å²) in [6.45, 7) is 3.37. The van der Waals surface area contributed by atoms with Gasteiger partial charge in [0.05, 0.1) is 6.20 Å². The van der Waals surface area contributed by atoms with Crippen molar-refractivity contribution in [1.29, 1.82) is 0 Å². The second-order valence-electron chi connectivity index (χ2n) is 5.70. The van der Waals surface area contributed by atoms with Crippen molar-refractivity contribution < 1.29 is 5.11 Å². The molecule has 1 aromatic rings. The molecule has 2 aliphatic rings. The fraction of sp³-hybridized carbons (Fsp3) is 0.769. The lowest BCUT2D eigenvalue weighted by atomic mass is 9.79. The van der Waals surface area contributed by atoms with E-state index in [-0.39, 0.29) is 5.41 Å². The largest absolute Gasteiger partial charge is 0.396 e. The Balaban J connectivity index is 1.72. The lowest BCUT2D eigenvalue weighted by molar-refractivity contribution is 0.117. The minimum absolute atomic E-state index is 0.176.